The molecule has 0 aliphatic heterocycles. The number of hydrogen-bond acceptors (Lipinski definition) is 2. The molecule has 0 heterocycles. The molecule has 2 atom stereocenters. The van der Waals surface area contributed by atoms with Gasteiger partial charge in [-0.05, 0) is 44.9 Å². The molecule has 1 fully saturated rings. The zero-order valence-corrected chi connectivity index (χ0v) is 13.9. The molecule has 0 bridgehead atoms. The van der Waals surface area contributed by atoms with E-state index in [1.54, 1.807) is 0 Å². The third-order valence-corrected chi connectivity index (χ3v) is 4.85. The van der Waals surface area contributed by atoms with Gasteiger partial charge in [0.05, 0.1) is 6.04 Å². The van der Waals surface area contributed by atoms with Crippen molar-refractivity contribution >= 4 is 5.91 Å². The first-order valence-corrected chi connectivity index (χ1v) is 8.68. The predicted octanol–water partition coefficient (Wildman–Crippen LogP) is 3.63. The lowest BCUT2D eigenvalue weighted by Gasteiger charge is -2.32. The molecule has 3 heteroatoms. The first-order chi connectivity index (χ1) is 9.62. The summed E-state index contributed by atoms with van der Waals surface area (Å²) in [7, 11) is 0. The van der Waals surface area contributed by atoms with Crippen molar-refractivity contribution in [1.29, 1.82) is 0 Å². The number of carbonyl (C=O) groups is 1. The van der Waals surface area contributed by atoms with Crippen LogP contribution in [0.2, 0.25) is 0 Å². The molecule has 0 aromatic heterocycles. The van der Waals surface area contributed by atoms with Crippen molar-refractivity contribution in [2.75, 3.05) is 0 Å². The van der Waals surface area contributed by atoms with E-state index in [1.165, 1.54) is 32.1 Å². The average Bonchev–Trinajstić information content (AvgIpc) is 2.50. The molecule has 1 aliphatic rings. The summed E-state index contributed by atoms with van der Waals surface area (Å²) in [5.41, 5.74) is 0. The van der Waals surface area contributed by atoms with Crippen LogP contribution in [0.1, 0.15) is 79.1 Å². The van der Waals surface area contributed by atoms with E-state index in [0.717, 1.165) is 25.2 Å². The zero-order chi connectivity index (χ0) is 15.0. The highest BCUT2D eigenvalue weighted by molar-refractivity contribution is 5.81. The van der Waals surface area contributed by atoms with E-state index in [-0.39, 0.29) is 11.9 Å². The van der Waals surface area contributed by atoms with Gasteiger partial charge in [0.15, 0.2) is 0 Å². The summed E-state index contributed by atoms with van der Waals surface area (Å²) in [6.07, 6.45) is 9.89. The summed E-state index contributed by atoms with van der Waals surface area (Å²) in [4.78, 5) is 12.2. The lowest BCUT2D eigenvalue weighted by molar-refractivity contribution is -0.123. The lowest BCUT2D eigenvalue weighted by atomic mass is 9.82. The first-order valence-electron chi connectivity index (χ1n) is 8.68. The Morgan fingerprint density at radius 3 is 2.15 bits per heavy atom. The second-order valence-corrected chi connectivity index (χ2v) is 6.32. The molecule has 0 saturated heterocycles. The van der Waals surface area contributed by atoms with E-state index in [4.69, 9.17) is 0 Å². The van der Waals surface area contributed by atoms with Crippen LogP contribution in [-0.2, 0) is 4.79 Å². The van der Waals surface area contributed by atoms with Crippen molar-refractivity contribution in [2.45, 2.75) is 97.2 Å². The van der Waals surface area contributed by atoms with Gasteiger partial charge >= 0.3 is 0 Å². The second-order valence-electron chi connectivity index (χ2n) is 6.32. The Morgan fingerprint density at radius 1 is 1.05 bits per heavy atom. The van der Waals surface area contributed by atoms with E-state index in [2.05, 4.69) is 31.4 Å². The Hall–Kier alpha value is -0.570. The van der Waals surface area contributed by atoms with Gasteiger partial charge in [-0.1, -0.05) is 40.0 Å². The standard InChI is InChI=1S/C17H34N2O/c1-5-15(6-2)19-17(20)13(4)18-16(7-3)14-11-9-8-10-12-14/h13-16,18H,5-12H2,1-4H3,(H,19,20). The number of rotatable bonds is 8. The van der Waals surface area contributed by atoms with Crippen LogP contribution in [0.5, 0.6) is 0 Å². The molecular weight excluding hydrogens is 248 g/mol. The molecule has 1 rings (SSSR count). The second kappa shape index (κ2) is 9.38. The van der Waals surface area contributed by atoms with Crippen molar-refractivity contribution < 1.29 is 4.79 Å². The molecule has 118 valence electrons. The van der Waals surface area contributed by atoms with E-state index >= 15 is 0 Å². The summed E-state index contributed by atoms with van der Waals surface area (Å²) in [5.74, 6) is 0.921. The maximum Gasteiger partial charge on any atom is 0.237 e. The largest absolute Gasteiger partial charge is 0.352 e. The van der Waals surface area contributed by atoms with Gasteiger partial charge in [-0.15, -0.1) is 0 Å². The summed E-state index contributed by atoms with van der Waals surface area (Å²) >= 11 is 0. The third kappa shape index (κ3) is 5.43. The van der Waals surface area contributed by atoms with Gasteiger partial charge in [0.2, 0.25) is 5.91 Å². The van der Waals surface area contributed by atoms with Gasteiger partial charge < -0.3 is 10.6 Å². The van der Waals surface area contributed by atoms with Crippen LogP contribution < -0.4 is 10.6 Å². The molecule has 1 amide bonds. The molecule has 1 aliphatic carbocycles. The molecule has 0 aromatic carbocycles. The molecule has 0 aromatic rings. The van der Waals surface area contributed by atoms with Gasteiger partial charge in [-0.3, -0.25) is 4.79 Å². The van der Waals surface area contributed by atoms with Crippen molar-refractivity contribution in [3.05, 3.63) is 0 Å². The van der Waals surface area contributed by atoms with Crippen molar-refractivity contribution in [2.24, 2.45) is 5.92 Å². The van der Waals surface area contributed by atoms with Crippen LogP contribution in [0.25, 0.3) is 0 Å². The quantitative estimate of drug-likeness (QED) is 0.714. The number of amides is 1. The number of hydrogen-bond donors (Lipinski definition) is 2. The molecule has 20 heavy (non-hydrogen) atoms. The smallest absolute Gasteiger partial charge is 0.237 e. The van der Waals surface area contributed by atoms with E-state index in [9.17, 15) is 4.79 Å². The highest BCUT2D eigenvalue weighted by atomic mass is 16.2. The zero-order valence-electron chi connectivity index (χ0n) is 13.9. The van der Waals surface area contributed by atoms with Crippen LogP contribution in [0.4, 0.5) is 0 Å². The molecule has 3 nitrogen and oxygen atoms in total. The summed E-state index contributed by atoms with van der Waals surface area (Å²) < 4.78 is 0. The van der Waals surface area contributed by atoms with Crippen LogP contribution in [0.3, 0.4) is 0 Å². The van der Waals surface area contributed by atoms with E-state index < -0.39 is 0 Å². The fourth-order valence-corrected chi connectivity index (χ4v) is 3.34. The van der Waals surface area contributed by atoms with Gasteiger partial charge in [0.25, 0.3) is 0 Å². The highest BCUT2D eigenvalue weighted by Crippen LogP contribution is 2.27. The Bertz CT molecular complexity index is 270. The SMILES string of the molecule is CCC(CC)NC(=O)C(C)NC(CC)C1CCCCC1. The van der Waals surface area contributed by atoms with Crippen LogP contribution in [0.15, 0.2) is 0 Å². The fourth-order valence-electron chi connectivity index (χ4n) is 3.34. The van der Waals surface area contributed by atoms with Crippen molar-refractivity contribution in [3.8, 4) is 0 Å². The Balaban J connectivity index is 2.44. The maximum absolute atomic E-state index is 12.2. The minimum Gasteiger partial charge on any atom is -0.352 e. The molecule has 2 unspecified atom stereocenters. The molecule has 2 N–H and O–H groups in total. The molecule has 0 radical (unpaired) electrons. The average molecular weight is 282 g/mol. The first kappa shape index (κ1) is 17.5. The minimum atomic E-state index is -0.0810. The Labute approximate surface area is 125 Å². The number of nitrogens with one attached hydrogen (secondary N) is 2. The normalized spacial score (nSPS) is 19.9. The third-order valence-electron chi connectivity index (χ3n) is 4.85. The monoisotopic (exact) mass is 282 g/mol. The molecular formula is C17H34N2O. The lowest BCUT2D eigenvalue weighted by Crippen LogP contribution is -2.51. The van der Waals surface area contributed by atoms with Crippen molar-refractivity contribution in [3.63, 3.8) is 0 Å². The summed E-state index contributed by atoms with van der Waals surface area (Å²) in [6.45, 7) is 8.49. The van der Waals surface area contributed by atoms with E-state index in [0.29, 0.717) is 12.1 Å². The van der Waals surface area contributed by atoms with E-state index in [1.807, 2.05) is 6.92 Å². The van der Waals surface area contributed by atoms with Gasteiger partial charge in [-0.25, -0.2) is 0 Å². The predicted molar refractivity (Wildman–Crippen MR) is 85.8 cm³/mol. The summed E-state index contributed by atoms with van der Waals surface area (Å²) in [6, 6.07) is 0.738. The fraction of sp³-hybridized carbons (Fsp3) is 0.941. The van der Waals surface area contributed by atoms with Crippen LogP contribution in [0, 0.1) is 5.92 Å². The topological polar surface area (TPSA) is 41.1 Å². The summed E-state index contributed by atoms with van der Waals surface area (Å²) in [5, 5.41) is 6.72. The number of carbonyl (C=O) groups excluding carboxylic acids is 1. The van der Waals surface area contributed by atoms with Crippen LogP contribution >= 0.6 is 0 Å². The van der Waals surface area contributed by atoms with Crippen LogP contribution in [-0.4, -0.2) is 24.0 Å². The van der Waals surface area contributed by atoms with Gasteiger partial charge in [0.1, 0.15) is 0 Å². The van der Waals surface area contributed by atoms with Gasteiger partial charge in [-0.2, -0.15) is 0 Å². The molecule has 1 saturated carbocycles. The van der Waals surface area contributed by atoms with Gasteiger partial charge in [0, 0.05) is 12.1 Å². The minimum absolute atomic E-state index is 0.0810. The Morgan fingerprint density at radius 2 is 1.65 bits per heavy atom. The highest BCUT2D eigenvalue weighted by Gasteiger charge is 2.25. The molecule has 0 spiro atoms. The van der Waals surface area contributed by atoms with Crippen molar-refractivity contribution in [1.82, 2.24) is 10.6 Å². The Kier molecular flexibility index (Phi) is 8.20. The maximum atomic E-state index is 12.2.